The Hall–Kier alpha value is -3.00. The summed E-state index contributed by atoms with van der Waals surface area (Å²) in [6.07, 6.45) is 4.91. The molecule has 2 amide bonds. The molecule has 7 nitrogen and oxygen atoms in total. The number of rotatable bonds is 10. The highest BCUT2D eigenvalue weighted by Crippen LogP contribution is 2.36. The number of hydrogen-bond donors (Lipinski definition) is 3. The van der Waals surface area contributed by atoms with E-state index in [2.05, 4.69) is 29.4 Å². The highest BCUT2D eigenvalue weighted by atomic mass is 35.5. The number of nitrogens with one attached hydrogen (secondary N) is 2. The van der Waals surface area contributed by atoms with Gasteiger partial charge in [-0.25, -0.2) is 14.0 Å². The molecule has 0 saturated heterocycles. The zero-order valence-corrected chi connectivity index (χ0v) is 21.8. The van der Waals surface area contributed by atoms with Gasteiger partial charge >= 0.3 is 12.0 Å². The van der Waals surface area contributed by atoms with Gasteiger partial charge in [0.1, 0.15) is 11.6 Å². The molecule has 1 aliphatic rings. The van der Waals surface area contributed by atoms with Crippen LogP contribution in [0.15, 0.2) is 36.4 Å². The molecule has 0 bridgehead atoms. The van der Waals surface area contributed by atoms with Gasteiger partial charge in [0.05, 0.1) is 17.1 Å². The summed E-state index contributed by atoms with van der Waals surface area (Å²) >= 11 is 5.82. The molecule has 3 rings (SSSR count). The number of anilines is 3. The smallest absolute Gasteiger partial charge is 0.344 e. The summed E-state index contributed by atoms with van der Waals surface area (Å²) in [5, 5.41) is 15.0. The lowest BCUT2D eigenvalue weighted by molar-refractivity contribution is -0.145. The van der Waals surface area contributed by atoms with Crippen LogP contribution >= 0.6 is 11.6 Å². The van der Waals surface area contributed by atoms with Crippen molar-refractivity contribution in [3.05, 3.63) is 47.2 Å². The number of hydrogen-bond acceptors (Lipinski definition) is 4. The van der Waals surface area contributed by atoms with Gasteiger partial charge < -0.3 is 25.4 Å². The molecule has 0 radical (unpaired) electrons. The number of benzene rings is 2. The molecule has 0 aromatic heterocycles. The maximum Gasteiger partial charge on any atom is 0.344 e. The molecular formula is C27H35ClFN3O4. The van der Waals surface area contributed by atoms with E-state index in [1.165, 1.54) is 18.6 Å². The largest absolute Gasteiger partial charge is 0.479 e. The summed E-state index contributed by atoms with van der Waals surface area (Å²) < 4.78 is 19.9. The fraction of sp³-hybridized carbons (Fsp3) is 0.481. The normalized spacial score (nSPS) is 14.8. The molecule has 1 unspecified atom stereocenters. The second-order valence-electron chi connectivity index (χ2n) is 9.57. The molecule has 0 aliphatic heterocycles. The van der Waals surface area contributed by atoms with Crippen molar-refractivity contribution in [2.24, 2.45) is 5.92 Å². The Labute approximate surface area is 217 Å². The molecule has 2 aromatic carbocycles. The Kier molecular flexibility index (Phi) is 9.81. The van der Waals surface area contributed by atoms with Crippen molar-refractivity contribution in [3.8, 4) is 5.75 Å². The molecule has 2 aromatic rings. The summed E-state index contributed by atoms with van der Waals surface area (Å²) in [7, 11) is 0. The first kappa shape index (κ1) is 27.6. The zero-order valence-electron chi connectivity index (χ0n) is 21.0. The van der Waals surface area contributed by atoms with Crippen LogP contribution in [0, 0.1) is 11.7 Å². The number of nitrogens with zero attached hydrogens (tertiary/aromatic N) is 1. The monoisotopic (exact) mass is 519 g/mol. The number of aliphatic carboxylic acids is 1. The van der Waals surface area contributed by atoms with Crippen LogP contribution in [0.4, 0.5) is 26.2 Å². The number of urea groups is 1. The first-order valence-electron chi connectivity index (χ1n) is 12.5. The topological polar surface area (TPSA) is 90.9 Å². The van der Waals surface area contributed by atoms with E-state index in [0.717, 1.165) is 44.0 Å². The van der Waals surface area contributed by atoms with Gasteiger partial charge in [0.15, 0.2) is 6.10 Å². The van der Waals surface area contributed by atoms with Crippen LogP contribution in [0.25, 0.3) is 0 Å². The van der Waals surface area contributed by atoms with E-state index in [1.54, 1.807) is 19.1 Å². The van der Waals surface area contributed by atoms with Gasteiger partial charge in [0, 0.05) is 23.7 Å². The van der Waals surface area contributed by atoms with Crippen LogP contribution < -0.4 is 20.3 Å². The van der Waals surface area contributed by atoms with Crippen LogP contribution in [0.1, 0.15) is 59.3 Å². The van der Waals surface area contributed by atoms with Gasteiger partial charge in [-0.15, -0.1) is 0 Å². The fourth-order valence-corrected chi connectivity index (χ4v) is 4.67. The Balaban J connectivity index is 1.95. The molecular weight excluding hydrogens is 485 g/mol. The van der Waals surface area contributed by atoms with E-state index in [9.17, 15) is 19.1 Å². The van der Waals surface area contributed by atoms with Crippen molar-refractivity contribution in [2.75, 3.05) is 22.1 Å². The third-order valence-electron chi connectivity index (χ3n) is 6.21. The Bertz CT molecular complexity index is 1060. The lowest BCUT2D eigenvalue weighted by Crippen LogP contribution is -2.40. The minimum Gasteiger partial charge on any atom is -0.479 e. The number of carboxylic acid groups (broad SMARTS) is 1. The minimum absolute atomic E-state index is 0.00547. The Morgan fingerprint density at radius 3 is 2.42 bits per heavy atom. The van der Waals surface area contributed by atoms with E-state index in [-0.39, 0.29) is 17.1 Å². The average Bonchev–Trinajstić information content (AvgIpc) is 2.83. The number of ether oxygens (including phenoxy) is 1. The third kappa shape index (κ3) is 7.50. The number of carboxylic acids is 1. The quantitative estimate of drug-likeness (QED) is 0.310. The summed E-state index contributed by atoms with van der Waals surface area (Å²) in [5.74, 6) is -1.00. The van der Waals surface area contributed by atoms with Crippen LogP contribution in [0.2, 0.25) is 5.02 Å². The van der Waals surface area contributed by atoms with Crippen molar-refractivity contribution in [1.29, 1.82) is 0 Å². The van der Waals surface area contributed by atoms with E-state index in [1.807, 2.05) is 6.07 Å². The SMILES string of the molecule is CCC(Oc1ccc(N(CC(C)C)C2CCCCC2)c(NC(=O)Nc2ccc(Cl)cc2F)c1)C(=O)O. The lowest BCUT2D eigenvalue weighted by atomic mass is 9.93. The summed E-state index contributed by atoms with van der Waals surface area (Å²) in [5.41, 5.74) is 1.28. The maximum absolute atomic E-state index is 14.3. The maximum atomic E-state index is 14.3. The van der Waals surface area contributed by atoms with Gasteiger partial charge in [-0.1, -0.05) is 51.6 Å². The summed E-state index contributed by atoms with van der Waals surface area (Å²) in [6.45, 7) is 6.82. The molecule has 36 heavy (non-hydrogen) atoms. The summed E-state index contributed by atoms with van der Waals surface area (Å²) in [6, 6.07) is 8.93. The van der Waals surface area contributed by atoms with E-state index < -0.39 is 23.9 Å². The van der Waals surface area contributed by atoms with Crippen LogP contribution in [0.3, 0.4) is 0 Å². The van der Waals surface area contributed by atoms with Crippen LogP contribution in [0.5, 0.6) is 5.75 Å². The van der Waals surface area contributed by atoms with E-state index >= 15 is 0 Å². The fourth-order valence-electron chi connectivity index (χ4n) is 4.51. The second-order valence-corrected chi connectivity index (χ2v) is 10.0. The molecule has 1 aliphatic carbocycles. The van der Waals surface area contributed by atoms with Crippen molar-refractivity contribution in [2.45, 2.75) is 71.4 Å². The van der Waals surface area contributed by atoms with E-state index in [0.29, 0.717) is 23.4 Å². The highest BCUT2D eigenvalue weighted by molar-refractivity contribution is 6.30. The minimum atomic E-state index is -1.06. The van der Waals surface area contributed by atoms with Crippen molar-refractivity contribution in [1.82, 2.24) is 0 Å². The standard InChI is InChI=1S/C27H35ClFN3O4/c1-4-25(26(33)34)36-20-11-13-24(32(16-17(2)3)19-8-6-5-7-9-19)23(15-20)31-27(35)30-22-12-10-18(28)14-21(22)29/h10-15,17,19,25H,4-9,16H2,1-3H3,(H,33,34)(H2,30,31,35). The predicted octanol–water partition coefficient (Wildman–Crippen LogP) is 7.16. The first-order chi connectivity index (χ1) is 17.2. The number of halogens is 2. The predicted molar refractivity (Wildman–Crippen MR) is 142 cm³/mol. The Morgan fingerprint density at radius 1 is 1.11 bits per heavy atom. The van der Waals surface area contributed by atoms with Crippen LogP contribution in [-0.2, 0) is 4.79 Å². The lowest BCUT2D eigenvalue weighted by Gasteiger charge is -2.38. The van der Waals surface area contributed by atoms with Gasteiger partial charge in [0.25, 0.3) is 0 Å². The van der Waals surface area contributed by atoms with Gasteiger partial charge in [-0.05, 0) is 55.5 Å². The van der Waals surface area contributed by atoms with E-state index in [4.69, 9.17) is 16.3 Å². The Morgan fingerprint density at radius 2 is 1.81 bits per heavy atom. The second kappa shape index (κ2) is 12.8. The molecule has 9 heteroatoms. The van der Waals surface area contributed by atoms with Crippen molar-refractivity contribution in [3.63, 3.8) is 0 Å². The average molecular weight is 520 g/mol. The molecule has 3 N–H and O–H groups in total. The summed E-state index contributed by atoms with van der Waals surface area (Å²) in [4.78, 5) is 26.7. The molecule has 1 fully saturated rings. The number of amides is 2. The molecule has 1 atom stereocenters. The molecule has 196 valence electrons. The molecule has 1 saturated carbocycles. The van der Waals surface area contributed by atoms with Crippen molar-refractivity contribution < 1.29 is 23.8 Å². The van der Waals surface area contributed by atoms with Crippen LogP contribution in [-0.4, -0.2) is 35.8 Å². The zero-order chi connectivity index (χ0) is 26.2. The van der Waals surface area contributed by atoms with Gasteiger partial charge in [-0.3, -0.25) is 0 Å². The van der Waals surface area contributed by atoms with Gasteiger partial charge in [0.2, 0.25) is 0 Å². The molecule has 0 heterocycles. The highest BCUT2D eigenvalue weighted by Gasteiger charge is 2.26. The first-order valence-corrected chi connectivity index (χ1v) is 12.9. The number of carbonyl (C=O) groups excluding carboxylic acids is 1. The van der Waals surface area contributed by atoms with Gasteiger partial charge in [-0.2, -0.15) is 0 Å². The number of carbonyl (C=O) groups is 2. The third-order valence-corrected chi connectivity index (χ3v) is 6.44. The van der Waals surface area contributed by atoms with Crippen molar-refractivity contribution >= 4 is 40.7 Å². The molecule has 0 spiro atoms.